The first-order chi connectivity index (χ1) is 16.8. The van der Waals surface area contributed by atoms with Crippen molar-refractivity contribution in [3.05, 3.63) is 91.9 Å². The molecule has 0 radical (unpaired) electrons. The van der Waals surface area contributed by atoms with E-state index in [4.69, 9.17) is 9.47 Å². The number of esters is 2. The van der Waals surface area contributed by atoms with Gasteiger partial charge in [-0.2, -0.15) is 0 Å². The van der Waals surface area contributed by atoms with E-state index >= 15 is 0 Å². The Morgan fingerprint density at radius 2 is 1.80 bits per heavy atom. The van der Waals surface area contributed by atoms with Crippen LogP contribution in [-0.2, 0) is 24.8 Å². The van der Waals surface area contributed by atoms with E-state index in [1.165, 1.54) is 30.0 Å². The van der Waals surface area contributed by atoms with Gasteiger partial charge in [0.1, 0.15) is 0 Å². The van der Waals surface area contributed by atoms with Gasteiger partial charge in [-0.05, 0) is 38.0 Å². The van der Waals surface area contributed by atoms with E-state index in [9.17, 15) is 19.7 Å². The number of carbonyl (C=O) groups is 2. The van der Waals surface area contributed by atoms with Crippen molar-refractivity contribution < 1.29 is 24.0 Å². The lowest BCUT2D eigenvalue weighted by Gasteiger charge is -2.36. The largest absolute Gasteiger partial charge is 0.463 e. The summed E-state index contributed by atoms with van der Waals surface area (Å²) in [5, 5.41) is 12.1. The molecule has 2 heterocycles. The second kappa shape index (κ2) is 11.7. The lowest BCUT2D eigenvalue weighted by atomic mass is 9.81. The molecule has 9 nitrogen and oxygen atoms in total. The Bertz CT molecular complexity index is 1180. The fourth-order valence-electron chi connectivity index (χ4n) is 3.84. The maximum Gasteiger partial charge on any atom is 0.337 e. The number of non-ortho nitro benzene ring substituents is 1. The fraction of sp³-hybridized carbons (Fsp3) is 0.320. The van der Waals surface area contributed by atoms with Crippen molar-refractivity contribution in [1.29, 1.82) is 0 Å². The summed E-state index contributed by atoms with van der Waals surface area (Å²) in [6, 6.07) is 9.71. The van der Waals surface area contributed by atoms with Gasteiger partial charge in [-0.25, -0.2) is 9.59 Å². The first kappa shape index (κ1) is 26.0. The van der Waals surface area contributed by atoms with Gasteiger partial charge in [0.25, 0.3) is 5.69 Å². The molecule has 0 saturated carbocycles. The summed E-state index contributed by atoms with van der Waals surface area (Å²) in [5.74, 6) is -1.58. The standard InChI is InChI=1S/C25H27N3O6S/c1-5-33-24(29)20-16(3)27(4)23(35-15-17-9-8-12-26-14-17)22(25(30)34-6-2)21(20)18-10-7-11-19(13-18)28(31)32/h7-14,21H,5-6,15H2,1-4H3. The summed E-state index contributed by atoms with van der Waals surface area (Å²) < 4.78 is 10.7. The van der Waals surface area contributed by atoms with Crippen molar-refractivity contribution in [3.63, 3.8) is 0 Å². The van der Waals surface area contributed by atoms with Crippen molar-refractivity contribution >= 4 is 29.4 Å². The zero-order valence-electron chi connectivity index (χ0n) is 20.0. The number of thioether (sulfide) groups is 1. The average molecular weight is 498 g/mol. The van der Waals surface area contributed by atoms with Crippen LogP contribution in [0.4, 0.5) is 5.69 Å². The van der Waals surface area contributed by atoms with Crippen molar-refractivity contribution in [2.24, 2.45) is 0 Å². The molecule has 0 amide bonds. The second-order valence-electron chi connectivity index (χ2n) is 7.65. The number of allylic oxidation sites excluding steroid dienone is 1. The van der Waals surface area contributed by atoms with E-state index in [0.717, 1.165) is 5.56 Å². The number of rotatable bonds is 9. The van der Waals surface area contributed by atoms with E-state index in [-0.39, 0.29) is 30.0 Å². The minimum absolute atomic E-state index is 0.131. The van der Waals surface area contributed by atoms with Gasteiger partial charge in [-0.3, -0.25) is 15.1 Å². The quantitative estimate of drug-likeness (QED) is 0.279. The molecule has 1 unspecified atom stereocenters. The summed E-state index contributed by atoms with van der Waals surface area (Å²) in [4.78, 5) is 43.4. The first-order valence-electron chi connectivity index (χ1n) is 11.1. The Labute approximate surface area is 208 Å². The van der Waals surface area contributed by atoms with Crippen LogP contribution in [0.2, 0.25) is 0 Å². The normalized spacial score (nSPS) is 15.8. The summed E-state index contributed by atoms with van der Waals surface area (Å²) in [6.07, 6.45) is 3.42. The van der Waals surface area contributed by atoms with Crippen molar-refractivity contribution in [3.8, 4) is 0 Å². The molecule has 0 bridgehead atoms. The van der Waals surface area contributed by atoms with Crippen LogP contribution in [0.1, 0.15) is 37.8 Å². The monoisotopic (exact) mass is 497 g/mol. The molecule has 0 aliphatic carbocycles. The van der Waals surface area contributed by atoms with Crippen LogP contribution in [0.3, 0.4) is 0 Å². The van der Waals surface area contributed by atoms with Gasteiger partial charge >= 0.3 is 11.9 Å². The molecule has 1 aliphatic heterocycles. The molecule has 184 valence electrons. The summed E-state index contributed by atoms with van der Waals surface area (Å²) in [5.41, 5.74) is 2.29. The van der Waals surface area contributed by atoms with Gasteiger partial charge < -0.3 is 14.4 Å². The van der Waals surface area contributed by atoms with Gasteiger partial charge in [0.05, 0.1) is 40.2 Å². The predicted octanol–water partition coefficient (Wildman–Crippen LogP) is 4.56. The van der Waals surface area contributed by atoms with Gasteiger partial charge in [-0.1, -0.05) is 18.2 Å². The number of nitro groups is 1. The molecule has 1 aromatic carbocycles. The molecule has 35 heavy (non-hydrogen) atoms. The smallest absolute Gasteiger partial charge is 0.337 e. The zero-order chi connectivity index (χ0) is 25.5. The number of hydrogen-bond acceptors (Lipinski definition) is 9. The number of carbonyl (C=O) groups excluding carboxylic acids is 2. The van der Waals surface area contributed by atoms with E-state index in [1.54, 1.807) is 51.2 Å². The van der Waals surface area contributed by atoms with Crippen LogP contribution in [0.5, 0.6) is 0 Å². The number of aromatic nitrogens is 1. The van der Waals surface area contributed by atoms with Crippen LogP contribution < -0.4 is 0 Å². The predicted molar refractivity (Wildman–Crippen MR) is 132 cm³/mol. The highest BCUT2D eigenvalue weighted by atomic mass is 32.2. The third-order valence-corrected chi connectivity index (χ3v) is 6.75. The molecular weight excluding hydrogens is 470 g/mol. The minimum atomic E-state index is -0.902. The third-order valence-electron chi connectivity index (χ3n) is 5.51. The number of ether oxygens (including phenoxy) is 2. The molecule has 1 aliphatic rings. The third kappa shape index (κ3) is 5.71. The van der Waals surface area contributed by atoms with Crippen LogP contribution in [0, 0.1) is 10.1 Å². The van der Waals surface area contributed by atoms with Crippen molar-refractivity contribution in [1.82, 2.24) is 9.88 Å². The number of nitro benzene ring substituents is 1. The Morgan fingerprint density at radius 1 is 1.11 bits per heavy atom. The molecule has 0 saturated heterocycles. The molecule has 3 rings (SSSR count). The van der Waals surface area contributed by atoms with E-state index in [2.05, 4.69) is 4.98 Å². The van der Waals surface area contributed by atoms with Crippen molar-refractivity contribution in [2.75, 3.05) is 20.3 Å². The molecule has 10 heteroatoms. The molecule has 0 spiro atoms. The Balaban J connectivity index is 2.23. The minimum Gasteiger partial charge on any atom is -0.463 e. The SMILES string of the molecule is CCOC(=O)C1=C(C)N(C)C(SCc2cccnc2)=C(C(=O)OCC)C1c1cccc([N+](=O)[O-])c1. The maximum absolute atomic E-state index is 13.4. The number of hydrogen-bond donors (Lipinski definition) is 0. The second-order valence-corrected chi connectivity index (χ2v) is 8.62. The molecule has 0 fully saturated rings. The van der Waals surface area contributed by atoms with Gasteiger partial charge in [-0.15, -0.1) is 11.8 Å². The lowest BCUT2D eigenvalue weighted by molar-refractivity contribution is -0.384. The Morgan fingerprint density at radius 3 is 2.40 bits per heavy atom. The maximum atomic E-state index is 13.4. The highest BCUT2D eigenvalue weighted by Crippen LogP contribution is 2.46. The molecular formula is C25H27N3O6S. The van der Waals surface area contributed by atoms with Gasteiger partial charge in [0.2, 0.25) is 0 Å². The first-order valence-corrected chi connectivity index (χ1v) is 12.1. The highest BCUT2D eigenvalue weighted by Gasteiger charge is 2.41. The molecule has 0 N–H and O–H groups in total. The summed E-state index contributed by atoms with van der Waals surface area (Å²) >= 11 is 1.41. The summed E-state index contributed by atoms with van der Waals surface area (Å²) in [7, 11) is 1.77. The molecule has 1 aromatic heterocycles. The van der Waals surface area contributed by atoms with Crippen molar-refractivity contribution in [2.45, 2.75) is 32.4 Å². The molecule has 1 atom stereocenters. The highest BCUT2D eigenvalue weighted by molar-refractivity contribution is 8.02. The number of pyridine rings is 1. The van der Waals surface area contributed by atoms with Gasteiger partial charge in [0.15, 0.2) is 0 Å². The Kier molecular flexibility index (Phi) is 8.64. The zero-order valence-corrected chi connectivity index (χ0v) is 20.8. The van der Waals surface area contributed by atoms with Crippen LogP contribution in [-0.4, -0.2) is 47.0 Å². The van der Waals surface area contributed by atoms with E-state index in [0.29, 0.717) is 22.0 Å². The van der Waals surface area contributed by atoms with Crippen LogP contribution in [0.15, 0.2) is 70.7 Å². The topological polar surface area (TPSA) is 112 Å². The summed E-state index contributed by atoms with van der Waals surface area (Å²) in [6.45, 7) is 5.43. The Hall–Kier alpha value is -3.66. The number of benzene rings is 1. The molecule has 2 aromatic rings. The van der Waals surface area contributed by atoms with E-state index in [1.807, 2.05) is 12.1 Å². The van der Waals surface area contributed by atoms with Gasteiger partial charge in [0, 0.05) is 43.0 Å². The number of nitrogens with zero attached hydrogens (tertiary/aromatic N) is 3. The lowest BCUT2D eigenvalue weighted by Crippen LogP contribution is -2.33. The van der Waals surface area contributed by atoms with E-state index < -0.39 is 22.8 Å². The average Bonchev–Trinajstić information content (AvgIpc) is 2.85. The van der Waals surface area contributed by atoms with Crippen LogP contribution >= 0.6 is 11.8 Å². The fourth-order valence-corrected chi connectivity index (χ4v) is 5.00. The van der Waals surface area contributed by atoms with Crippen LogP contribution in [0.25, 0.3) is 0 Å².